The number of nitrogens with zero attached hydrogens (tertiary/aromatic N) is 2. The summed E-state index contributed by atoms with van der Waals surface area (Å²) >= 11 is 0. The van der Waals surface area contributed by atoms with Crippen LogP contribution in [0.3, 0.4) is 0 Å². The van der Waals surface area contributed by atoms with Gasteiger partial charge in [0.25, 0.3) is 0 Å². The third kappa shape index (κ3) is 3.98. The van der Waals surface area contributed by atoms with E-state index >= 15 is 0 Å². The van der Waals surface area contributed by atoms with Gasteiger partial charge < -0.3 is 9.13 Å². The first-order valence-corrected chi connectivity index (χ1v) is 10.9. The number of hydrogen-bond acceptors (Lipinski definition) is 0. The zero-order valence-corrected chi connectivity index (χ0v) is 19.3. The van der Waals surface area contributed by atoms with E-state index in [1.165, 1.54) is 43.6 Å². The molecule has 0 amide bonds. The lowest BCUT2D eigenvalue weighted by Gasteiger charge is -1.95. The first kappa shape index (κ1) is 22.7. The van der Waals surface area contributed by atoms with Crippen LogP contribution in [-0.2, 0) is 14.1 Å². The highest BCUT2D eigenvalue weighted by atomic mass is 14.9. The van der Waals surface area contributed by atoms with E-state index in [0.717, 1.165) is 0 Å². The molecule has 32 heavy (non-hydrogen) atoms. The molecule has 6 rings (SSSR count). The van der Waals surface area contributed by atoms with E-state index in [4.69, 9.17) is 0 Å². The number of fused-ring (bicyclic) bond motifs is 6. The standard InChI is InChI=1S/2C13H11N.C2H6.C2H2/c2*1-14-12-8-4-2-6-10(12)11-7-3-5-9-13(11)14;2*1-2/h2*2-9H,1H3;1-2H3;1-2H. The lowest BCUT2D eigenvalue weighted by Crippen LogP contribution is -1.84. The second-order valence-electron chi connectivity index (χ2n) is 7.19. The normalized spacial score (nSPS) is 10.1. The van der Waals surface area contributed by atoms with Gasteiger partial charge in [-0.2, -0.15) is 0 Å². The van der Waals surface area contributed by atoms with Gasteiger partial charge >= 0.3 is 0 Å². The molecular formula is C30H30N2. The van der Waals surface area contributed by atoms with Gasteiger partial charge in [0.1, 0.15) is 0 Å². The molecule has 2 heterocycles. The molecule has 0 unspecified atom stereocenters. The molecule has 0 radical (unpaired) electrons. The Hall–Kier alpha value is -3.96. The van der Waals surface area contributed by atoms with Crippen molar-refractivity contribution in [2.45, 2.75) is 13.8 Å². The Kier molecular flexibility index (Phi) is 7.37. The third-order valence-corrected chi connectivity index (χ3v) is 5.64. The van der Waals surface area contributed by atoms with Crippen molar-refractivity contribution in [2.75, 3.05) is 0 Å². The van der Waals surface area contributed by atoms with Crippen LogP contribution in [0.4, 0.5) is 0 Å². The van der Waals surface area contributed by atoms with Crippen LogP contribution in [0.15, 0.2) is 97.1 Å². The minimum atomic E-state index is 1.30. The predicted molar refractivity (Wildman–Crippen MR) is 142 cm³/mol. The SMILES string of the molecule is C#C.CC.Cn1c2ccccc2c2ccccc21.Cn1c2ccccc2c2ccccc21. The maximum absolute atomic E-state index is 4.00. The summed E-state index contributed by atoms with van der Waals surface area (Å²) in [7, 11) is 4.23. The summed E-state index contributed by atoms with van der Waals surface area (Å²) < 4.78 is 4.48. The Morgan fingerprint density at radius 3 is 0.812 bits per heavy atom. The molecule has 160 valence electrons. The van der Waals surface area contributed by atoms with Crippen molar-refractivity contribution in [1.82, 2.24) is 9.13 Å². The van der Waals surface area contributed by atoms with Gasteiger partial charge in [-0.1, -0.05) is 86.6 Å². The van der Waals surface area contributed by atoms with Gasteiger partial charge in [0, 0.05) is 57.7 Å². The van der Waals surface area contributed by atoms with E-state index in [1.54, 1.807) is 0 Å². The largest absolute Gasteiger partial charge is 0.344 e. The predicted octanol–water partition coefficient (Wildman–Crippen LogP) is 7.94. The van der Waals surface area contributed by atoms with Gasteiger partial charge in [-0.25, -0.2) is 0 Å². The van der Waals surface area contributed by atoms with Crippen molar-refractivity contribution in [3.05, 3.63) is 97.1 Å². The van der Waals surface area contributed by atoms with Gasteiger partial charge in [-0.05, 0) is 24.3 Å². The van der Waals surface area contributed by atoms with Crippen LogP contribution >= 0.6 is 0 Å². The van der Waals surface area contributed by atoms with Gasteiger partial charge in [0.05, 0.1) is 0 Å². The lowest BCUT2D eigenvalue weighted by molar-refractivity contribution is 1.01. The van der Waals surface area contributed by atoms with Crippen molar-refractivity contribution in [3.8, 4) is 12.8 Å². The van der Waals surface area contributed by atoms with E-state index in [-0.39, 0.29) is 0 Å². The quantitative estimate of drug-likeness (QED) is 0.222. The van der Waals surface area contributed by atoms with Crippen LogP contribution in [0.25, 0.3) is 43.6 Å². The van der Waals surface area contributed by atoms with E-state index in [1.807, 2.05) is 13.8 Å². The average molecular weight is 419 g/mol. The van der Waals surface area contributed by atoms with Crippen LogP contribution in [0, 0.1) is 12.8 Å². The fourth-order valence-corrected chi connectivity index (χ4v) is 4.24. The number of hydrogen-bond donors (Lipinski definition) is 0. The van der Waals surface area contributed by atoms with Crippen LogP contribution in [0.1, 0.15) is 13.8 Å². The molecule has 6 aromatic rings. The number of para-hydroxylation sites is 4. The molecule has 0 N–H and O–H groups in total. The fourth-order valence-electron chi connectivity index (χ4n) is 4.24. The molecule has 2 heteroatoms. The summed E-state index contributed by atoms with van der Waals surface area (Å²) in [5, 5.41) is 5.35. The summed E-state index contributed by atoms with van der Waals surface area (Å²) in [5.41, 5.74) is 5.20. The molecule has 0 saturated carbocycles. The van der Waals surface area contributed by atoms with Crippen molar-refractivity contribution < 1.29 is 0 Å². The molecule has 0 aliphatic heterocycles. The second-order valence-corrected chi connectivity index (χ2v) is 7.19. The van der Waals surface area contributed by atoms with Crippen molar-refractivity contribution in [1.29, 1.82) is 0 Å². The van der Waals surface area contributed by atoms with Crippen LogP contribution < -0.4 is 0 Å². The Labute approximate surface area is 190 Å². The minimum Gasteiger partial charge on any atom is -0.344 e. The second kappa shape index (κ2) is 10.4. The monoisotopic (exact) mass is 418 g/mol. The molecule has 0 fully saturated rings. The summed E-state index contributed by atoms with van der Waals surface area (Å²) in [4.78, 5) is 0. The maximum Gasteiger partial charge on any atom is 0.0488 e. The first-order chi connectivity index (χ1) is 15.8. The highest BCUT2D eigenvalue weighted by molar-refractivity contribution is 6.08. The molecule has 0 saturated heterocycles. The number of rotatable bonds is 0. The Balaban J connectivity index is 0.000000157. The van der Waals surface area contributed by atoms with Gasteiger partial charge in [0.15, 0.2) is 0 Å². The smallest absolute Gasteiger partial charge is 0.0488 e. The van der Waals surface area contributed by atoms with E-state index < -0.39 is 0 Å². The fraction of sp³-hybridized carbons (Fsp3) is 0.133. The Bertz CT molecular complexity index is 1260. The van der Waals surface area contributed by atoms with Crippen LogP contribution in [0.5, 0.6) is 0 Å². The number of terminal acetylenes is 1. The Morgan fingerprint density at radius 1 is 0.406 bits per heavy atom. The van der Waals surface area contributed by atoms with Gasteiger partial charge in [-0.15, -0.1) is 12.8 Å². The summed E-state index contributed by atoms with van der Waals surface area (Å²) in [6.07, 6.45) is 8.00. The molecule has 0 atom stereocenters. The van der Waals surface area contributed by atoms with Crippen LogP contribution in [-0.4, -0.2) is 9.13 Å². The highest BCUT2D eigenvalue weighted by Gasteiger charge is 2.06. The van der Waals surface area contributed by atoms with Crippen molar-refractivity contribution >= 4 is 43.6 Å². The van der Waals surface area contributed by atoms with Gasteiger partial charge in [-0.3, -0.25) is 0 Å². The first-order valence-electron chi connectivity index (χ1n) is 10.9. The average Bonchev–Trinajstić information content (AvgIpc) is 3.35. The molecule has 0 spiro atoms. The summed E-state index contributed by atoms with van der Waals surface area (Å²) in [5.74, 6) is 0. The van der Waals surface area contributed by atoms with Gasteiger partial charge in [0.2, 0.25) is 0 Å². The molecule has 2 nitrogen and oxygen atoms in total. The minimum absolute atomic E-state index is 1.30. The molecule has 4 aromatic carbocycles. The Morgan fingerprint density at radius 2 is 0.594 bits per heavy atom. The van der Waals surface area contributed by atoms with E-state index in [2.05, 4.69) is 133 Å². The zero-order valence-electron chi connectivity index (χ0n) is 19.3. The molecule has 0 bridgehead atoms. The van der Waals surface area contributed by atoms with Crippen molar-refractivity contribution in [3.63, 3.8) is 0 Å². The summed E-state index contributed by atoms with van der Waals surface area (Å²) in [6, 6.07) is 34.1. The molecule has 0 aliphatic rings. The maximum atomic E-state index is 4.00. The topological polar surface area (TPSA) is 9.86 Å². The molecular weight excluding hydrogens is 388 g/mol. The zero-order chi connectivity index (χ0) is 23.1. The van der Waals surface area contributed by atoms with E-state index in [9.17, 15) is 0 Å². The third-order valence-electron chi connectivity index (χ3n) is 5.64. The number of benzene rings is 4. The van der Waals surface area contributed by atoms with Crippen LogP contribution in [0.2, 0.25) is 0 Å². The molecule has 2 aromatic heterocycles. The highest BCUT2D eigenvalue weighted by Crippen LogP contribution is 2.28. The van der Waals surface area contributed by atoms with Crippen molar-refractivity contribution in [2.24, 2.45) is 14.1 Å². The van der Waals surface area contributed by atoms with E-state index in [0.29, 0.717) is 0 Å². The lowest BCUT2D eigenvalue weighted by atomic mass is 10.2. The summed E-state index contributed by atoms with van der Waals surface area (Å²) in [6.45, 7) is 4.00. The number of aryl methyl sites for hydroxylation is 2. The number of aromatic nitrogens is 2. The molecule has 0 aliphatic carbocycles.